The summed E-state index contributed by atoms with van der Waals surface area (Å²) < 4.78 is 10.0. The van der Waals surface area contributed by atoms with Gasteiger partial charge in [0.25, 0.3) is 5.91 Å². The van der Waals surface area contributed by atoms with E-state index < -0.39 is 0 Å². The van der Waals surface area contributed by atoms with Crippen LogP contribution in [-0.4, -0.2) is 67.5 Å². The van der Waals surface area contributed by atoms with E-state index in [-0.39, 0.29) is 17.9 Å². The van der Waals surface area contributed by atoms with E-state index in [0.717, 1.165) is 23.6 Å². The predicted molar refractivity (Wildman–Crippen MR) is 110 cm³/mol. The van der Waals surface area contributed by atoms with Gasteiger partial charge in [0.05, 0.1) is 13.7 Å². The molecule has 2 heterocycles. The molecule has 3 rings (SSSR count). The van der Waals surface area contributed by atoms with Gasteiger partial charge < -0.3 is 25.0 Å². The molecule has 1 fully saturated rings. The Bertz CT molecular complexity index is 818. The van der Waals surface area contributed by atoms with Gasteiger partial charge in [-0.25, -0.2) is 4.79 Å². The second-order valence-corrected chi connectivity index (χ2v) is 7.62. The summed E-state index contributed by atoms with van der Waals surface area (Å²) in [7, 11) is 3.19. The van der Waals surface area contributed by atoms with E-state index in [0.29, 0.717) is 36.9 Å². The number of likely N-dealkylation sites (tertiary alicyclic amines) is 1. The van der Waals surface area contributed by atoms with Crippen LogP contribution in [0.1, 0.15) is 33.6 Å². The number of aromatic nitrogens is 2. The molecule has 1 aromatic heterocycles. The molecule has 0 radical (unpaired) electrons. The fraction of sp³-hybridized carbons (Fsp3) is 0.474. The van der Waals surface area contributed by atoms with Gasteiger partial charge in [0.15, 0.2) is 0 Å². The predicted octanol–water partition coefficient (Wildman–Crippen LogP) is 2.33. The first-order valence-electron chi connectivity index (χ1n) is 9.41. The molecule has 9 nitrogen and oxygen atoms in total. The second kappa shape index (κ2) is 10.2. The van der Waals surface area contributed by atoms with Gasteiger partial charge in [0, 0.05) is 38.3 Å². The van der Waals surface area contributed by atoms with Crippen molar-refractivity contribution >= 4 is 29.0 Å². The maximum Gasteiger partial charge on any atom is 0.317 e. The fourth-order valence-electron chi connectivity index (χ4n) is 3.05. The number of methoxy groups -OCH3 is 2. The topological polar surface area (TPSA) is 106 Å². The van der Waals surface area contributed by atoms with E-state index in [4.69, 9.17) is 9.47 Å². The van der Waals surface area contributed by atoms with Crippen LogP contribution in [0.2, 0.25) is 0 Å². The van der Waals surface area contributed by atoms with Crippen molar-refractivity contribution in [2.75, 3.05) is 45.8 Å². The van der Waals surface area contributed by atoms with E-state index in [1.165, 1.54) is 11.3 Å². The van der Waals surface area contributed by atoms with Crippen molar-refractivity contribution in [2.24, 2.45) is 0 Å². The zero-order chi connectivity index (χ0) is 20.6. The van der Waals surface area contributed by atoms with Gasteiger partial charge in [-0.05, 0) is 37.1 Å². The summed E-state index contributed by atoms with van der Waals surface area (Å²) in [5, 5.41) is 15.1. The number of urea groups is 1. The molecule has 0 bridgehead atoms. The van der Waals surface area contributed by atoms with Crippen molar-refractivity contribution in [1.82, 2.24) is 20.4 Å². The van der Waals surface area contributed by atoms with Gasteiger partial charge in [-0.2, -0.15) is 0 Å². The summed E-state index contributed by atoms with van der Waals surface area (Å²) in [6, 6.07) is 7.02. The maximum atomic E-state index is 12.4. The highest BCUT2D eigenvalue weighted by molar-refractivity contribution is 7.13. The number of amides is 3. The SMILES string of the molecule is COCCNC(=O)N1CCC(c2nnc(C(=O)Nc3ccc(OC)cc3)s2)CC1. The van der Waals surface area contributed by atoms with Crippen LogP contribution in [0, 0.1) is 0 Å². The summed E-state index contributed by atoms with van der Waals surface area (Å²) in [4.78, 5) is 26.3. The zero-order valence-electron chi connectivity index (χ0n) is 16.5. The number of carbonyl (C=O) groups is 2. The van der Waals surface area contributed by atoms with E-state index in [1.54, 1.807) is 43.4 Å². The van der Waals surface area contributed by atoms with Crippen molar-refractivity contribution in [3.8, 4) is 5.75 Å². The molecule has 1 aliphatic rings. The number of carbonyl (C=O) groups excluding carboxylic acids is 2. The van der Waals surface area contributed by atoms with Crippen molar-refractivity contribution in [3.63, 3.8) is 0 Å². The lowest BCUT2D eigenvalue weighted by atomic mass is 9.98. The molecule has 10 heteroatoms. The molecule has 0 atom stereocenters. The number of piperidine rings is 1. The summed E-state index contributed by atoms with van der Waals surface area (Å²) in [6.07, 6.45) is 1.60. The molecule has 2 N–H and O–H groups in total. The Morgan fingerprint density at radius 1 is 1.17 bits per heavy atom. The molecule has 3 amide bonds. The first kappa shape index (κ1) is 21.0. The van der Waals surface area contributed by atoms with Crippen molar-refractivity contribution < 1.29 is 19.1 Å². The summed E-state index contributed by atoms with van der Waals surface area (Å²) in [6.45, 7) is 2.29. The highest BCUT2D eigenvalue weighted by Gasteiger charge is 2.27. The van der Waals surface area contributed by atoms with E-state index >= 15 is 0 Å². The van der Waals surface area contributed by atoms with Crippen LogP contribution in [0.3, 0.4) is 0 Å². The van der Waals surface area contributed by atoms with Gasteiger partial charge in [0.1, 0.15) is 10.8 Å². The Hall–Kier alpha value is -2.72. The summed E-state index contributed by atoms with van der Waals surface area (Å²) in [5.41, 5.74) is 0.667. The fourth-order valence-corrected chi connectivity index (χ4v) is 3.96. The lowest BCUT2D eigenvalue weighted by Gasteiger charge is -2.30. The molecule has 1 saturated heterocycles. The number of benzene rings is 1. The molecule has 0 unspecified atom stereocenters. The minimum Gasteiger partial charge on any atom is -0.497 e. The second-order valence-electron chi connectivity index (χ2n) is 6.61. The van der Waals surface area contributed by atoms with Gasteiger partial charge in [-0.15, -0.1) is 10.2 Å². The van der Waals surface area contributed by atoms with Gasteiger partial charge in [0.2, 0.25) is 5.01 Å². The van der Waals surface area contributed by atoms with Gasteiger partial charge >= 0.3 is 6.03 Å². The van der Waals surface area contributed by atoms with E-state index in [9.17, 15) is 9.59 Å². The molecule has 0 spiro atoms. The lowest BCUT2D eigenvalue weighted by Crippen LogP contribution is -2.44. The quantitative estimate of drug-likeness (QED) is 0.668. The number of hydrogen-bond donors (Lipinski definition) is 2. The molecule has 29 heavy (non-hydrogen) atoms. The number of anilines is 1. The highest BCUT2D eigenvalue weighted by Crippen LogP contribution is 2.30. The first-order chi connectivity index (χ1) is 14.1. The Kier molecular flexibility index (Phi) is 7.36. The molecule has 0 aliphatic carbocycles. The highest BCUT2D eigenvalue weighted by atomic mass is 32.1. The van der Waals surface area contributed by atoms with Gasteiger partial charge in [-0.3, -0.25) is 4.79 Å². The smallest absolute Gasteiger partial charge is 0.317 e. The van der Waals surface area contributed by atoms with Crippen molar-refractivity contribution in [3.05, 3.63) is 34.3 Å². The molecular weight excluding hydrogens is 394 g/mol. The third-order valence-corrected chi connectivity index (χ3v) is 5.78. The lowest BCUT2D eigenvalue weighted by molar-refractivity contribution is 0.102. The molecular formula is C19H25N5O4S. The molecule has 2 aromatic rings. The van der Waals surface area contributed by atoms with E-state index in [2.05, 4.69) is 20.8 Å². The normalized spacial score (nSPS) is 14.5. The molecule has 1 aromatic carbocycles. The number of nitrogens with one attached hydrogen (secondary N) is 2. The Labute approximate surface area is 173 Å². The number of hydrogen-bond acceptors (Lipinski definition) is 7. The van der Waals surface area contributed by atoms with Gasteiger partial charge in [-0.1, -0.05) is 11.3 Å². The summed E-state index contributed by atoms with van der Waals surface area (Å²) in [5.74, 6) is 0.645. The standard InChI is InChI=1S/C19H25N5O4S/c1-27-12-9-20-19(26)24-10-7-13(8-11-24)17-22-23-18(29-17)16(25)21-14-3-5-15(28-2)6-4-14/h3-6,13H,7-12H2,1-2H3,(H,20,26)(H,21,25). The molecule has 156 valence electrons. The molecule has 0 saturated carbocycles. The van der Waals surface area contributed by atoms with Crippen LogP contribution in [0.25, 0.3) is 0 Å². The largest absolute Gasteiger partial charge is 0.497 e. The number of nitrogens with zero attached hydrogens (tertiary/aromatic N) is 3. The Balaban J connectivity index is 1.51. The third kappa shape index (κ3) is 5.64. The van der Waals surface area contributed by atoms with Crippen LogP contribution in [0.4, 0.5) is 10.5 Å². The maximum absolute atomic E-state index is 12.4. The first-order valence-corrected chi connectivity index (χ1v) is 10.2. The average Bonchev–Trinajstić information content (AvgIpc) is 3.25. The van der Waals surface area contributed by atoms with Crippen LogP contribution in [0.5, 0.6) is 5.75 Å². The Morgan fingerprint density at radius 3 is 2.55 bits per heavy atom. The number of ether oxygens (including phenoxy) is 2. The summed E-state index contributed by atoms with van der Waals surface area (Å²) >= 11 is 1.31. The molecule has 1 aliphatic heterocycles. The van der Waals surface area contributed by atoms with E-state index in [1.807, 2.05) is 0 Å². The zero-order valence-corrected chi connectivity index (χ0v) is 17.3. The third-order valence-electron chi connectivity index (χ3n) is 4.70. The monoisotopic (exact) mass is 419 g/mol. The van der Waals surface area contributed by atoms with Crippen molar-refractivity contribution in [2.45, 2.75) is 18.8 Å². The van der Waals surface area contributed by atoms with Crippen LogP contribution < -0.4 is 15.4 Å². The minimum absolute atomic E-state index is 0.0719. The average molecular weight is 420 g/mol. The van der Waals surface area contributed by atoms with Crippen LogP contribution >= 0.6 is 11.3 Å². The van der Waals surface area contributed by atoms with Crippen LogP contribution in [0.15, 0.2) is 24.3 Å². The Morgan fingerprint density at radius 2 is 1.90 bits per heavy atom. The van der Waals surface area contributed by atoms with Crippen LogP contribution in [-0.2, 0) is 4.74 Å². The minimum atomic E-state index is -0.283. The number of rotatable bonds is 7. The van der Waals surface area contributed by atoms with Crippen molar-refractivity contribution in [1.29, 1.82) is 0 Å².